The molecule has 0 bridgehead atoms. The SMILES string of the molecule is CCCCCCC[C@@H](C=O)CCO[C@H]1[C@H](O)[C@@H](CO)O[C@@H](O[Si](C)(C)C(C)(C)C)[C@@H]1N=[N+]=[N-]. The Labute approximate surface area is 199 Å². The van der Waals surface area contributed by atoms with E-state index in [0.29, 0.717) is 6.42 Å². The standard InChI is InChI=1S/C23H45N3O6Si/c1-7-8-9-10-11-12-17(15-27)13-14-30-21-19(25-26-24)22(31-18(16-28)20(21)29)32-33(5,6)23(2,3)4/h15,17-22,28-29H,7-14,16H2,1-6H3/t17-,18-,19-,20-,21-,22+/m1/s1. The van der Waals surface area contributed by atoms with Gasteiger partial charge in [-0.25, -0.2) is 0 Å². The van der Waals surface area contributed by atoms with Crippen LogP contribution in [0.4, 0.5) is 0 Å². The summed E-state index contributed by atoms with van der Waals surface area (Å²) in [6, 6.07) is -0.911. The molecule has 0 radical (unpaired) electrons. The minimum Gasteiger partial charge on any atom is -0.394 e. The smallest absolute Gasteiger partial charge is 0.195 e. The molecular formula is C23H45N3O6Si. The van der Waals surface area contributed by atoms with E-state index in [2.05, 4.69) is 37.7 Å². The van der Waals surface area contributed by atoms with Crippen LogP contribution in [-0.2, 0) is 18.7 Å². The van der Waals surface area contributed by atoms with Crippen molar-refractivity contribution < 1.29 is 28.9 Å². The molecule has 33 heavy (non-hydrogen) atoms. The number of aliphatic hydroxyl groups excluding tert-OH is 2. The molecule has 1 aliphatic heterocycles. The molecule has 10 heteroatoms. The normalized spacial score (nSPS) is 27.1. The zero-order valence-electron chi connectivity index (χ0n) is 21.3. The van der Waals surface area contributed by atoms with Gasteiger partial charge in [0.05, 0.1) is 12.7 Å². The summed E-state index contributed by atoms with van der Waals surface area (Å²) in [7, 11) is -2.31. The van der Waals surface area contributed by atoms with E-state index in [9.17, 15) is 15.0 Å². The largest absolute Gasteiger partial charge is 0.394 e. The summed E-state index contributed by atoms with van der Waals surface area (Å²) >= 11 is 0. The van der Waals surface area contributed by atoms with Gasteiger partial charge in [-0.1, -0.05) is 64.9 Å². The Morgan fingerprint density at radius 3 is 2.42 bits per heavy atom. The van der Waals surface area contributed by atoms with Crippen molar-refractivity contribution in [1.29, 1.82) is 0 Å². The highest BCUT2D eigenvalue weighted by Gasteiger charge is 2.49. The van der Waals surface area contributed by atoms with Crippen LogP contribution in [0.2, 0.25) is 18.1 Å². The fourth-order valence-electron chi connectivity index (χ4n) is 3.64. The highest BCUT2D eigenvalue weighted by atomic mass is 28.4. The van der Waals surface area contributed by atoms with Gasteiger partial charge in [0.2, 0.25) is 0 Å². The average molecular weight is 488 g/mol. The lowest BCUT2D eigenvalue weighted by Gasteiger charge is -2.47. The Balaban J connectivity index is 2.85. The lowest BCUT2D eigenvalue weighted by atomic mass is 9.96. The summed E-state index contributed by atoms with van der Waals surface area (Å²) in [6.45, 7) is 12.3. The Morgan fingerprint density at radius 1 is 1.21 bits per heavy atom. The third-order valence-corrected chi connectivity index (χ3v) is 11.3. The first-order valence-electron chi connectivity index (χ1n) is 12.3. The quantitative estimate of drug-likeness (QED) is 0.0857. The molecule has 0 aromatic carbocycles. The van der Waals surface area contributed by atoms with E-state index in [-0.39, 0.29) is 17.6 Å². The second kappa shape index (κ2) is 14.4. The van der Waals surface area contributed by atoms with Crippen molar-refractivity contribution in [3.05, 3.63) is 10.4 Å². The van der Waals surface area contributed by atoms with E-state index < -0.39 is 45.6 Å². The summed E-state index contributed by atoms with van der Waals surface area (Å²) < 4.78 is 18.1. The molecule has 0 saturated carbocycles. The van der Waals surface area contributed by atoms with Crippen LogP contribution in [-0.4, -0.2) is 68.7 Å². The molecular weight excluding hydrogens is 442 g/mol. The number of ether oxygens (including phenoxy) is 2. The molecule has 0 spiro atoms. The Kier molecular flexibility index (Phi) is 13.1. The van der Waals surface area contributed by atoms with Crippen molar-refractivity contribution in [2.75, 3.05) is 13.2 Å². The van der Waals surface area contributed by atoms with Crippen LogP contribution in [0.3, 0.4) is 0 Å². The minimum absolute atomic E-state index is 0.116. The second-order valence-corrected chi connectivity index (χ2v) is 15.3. The van der Waals surface area contributed by atoms with Gasteiger partial charge in [-0.2, -0.15) is 0 Å². The van der Waals surface area contributed by atoms with Crippen molar-refractivity contribution in [2.24, 2.45) is 11.0 Å². The first-order valence-corrected chi connectivity index (χ1v) is 15.2. The summed E-state index contributed by atoms with van der Waals surface area (Å²) in [5, 5.41) is 24.2. The molecule has 9 nitrogen and oxygen atoms in total. The van der Waals surface area contributed by atoms with E-state index in [1.807, 2.05) is 13.1 Å². The van der Waals surface area contributed by atoms with Gasteiger partial charge in [0.15, 0.2) is 14.6 Å². The predicted octanol–water partition coefficient (Wildman–Crippen LogP) is 4.72. The molecule has 1 saturated heterocycles. The monoisotopic (exact) mass is 487 g/mol. The van der Waals surface area contributed by atoms with Crippen LogP contribution in [0.5, 0.6) is 0 Å². The van der Waals surface area contributed by atoms with Crippen LogP contribution in [0, 0.1) is 5.92 Å². The van der Waals surface area contributed by atoms with Crippen molar-refractivity contribution in [3.63, 3.8) is 0 Å². The molecule has 0 aliphatic carbocycles. The van der Waals surface area contributed by atoms with Crippen molar-refractivity contribution >= 4 is 14.6 Å². The van der Waals surface area contributed by atoms with Crippen molar-refractivity contribution in [3.8, 4) is 0 Å². The van der Waals surface area contributed by atoms with E-state index in [0.717, 1.165) is 25.5 Å². The van der Waals surface area contributed by atoms with Crippen LogP contribution >= 0.6 is 0 Å². The van der Waals surface area contributed by atoms with Gasteiger partial charge in [-0.15, -0.1) is 0 Å². The van der Waals surface area contributed by atoms with Crippen molar-refractivity contribution in [2.45, 2.75) is 121 Å². The fourth-order valence-corrected chi connectivity index (χ4v) is 4.77. The topological polar surface area (TPSA) is 134 Å². The molecule has 0 unspecified atom stereocenters. The molecule has 0 amide bonds. The highest BCUT2D eigenvalue weighted by Crippen LogP contribution is 2.39. The van der Waals surface area contributed by atoms with Crippen molar-refractivity contribution in [1.82, 2.24) is 0 Å². The summed E-state index contributed by atoms with van der Waals surface area (Å²) in [4.78, 5) is 14.4. The zero-order chi connectivity index (χ0) is 25.1. The number of azide groups is 1. The molecule has 1 fully saturated rings. The second-order valence-electron chi connectivity index (χ2n) is 10.5. The molecule has 2 N–H and O–H groups in total. The van der Waals surface area contributed by atoms with Crippen LogP contribution in [0.1, 0.15) is 72.6 Å². The Morgan fingerprint density at radius 2 is 1.88 bits per heavy atom. The van der Waals surface area contributed by atoms with Gasteiger partial charge in [0.1, 0.15) is 24.5 Å². The number of aldehydes is 1. The van der Waals surface area contributed by atoms with Gasteiger partial charge in [-0.3, -0.25) is 0 Å². The first kappa shape index (κ1) is 30.0. The molecule has 0 aromatic heterocycles. The minimum atomic E-state index is -2.31. The first-order chi connectivity index (χ1) is 15.5. The Hall–Kier alpha value is -1.00. The van der Waals surface area contributed by atoms with E-state index in [1.165, 1.54) is 19.3 Å². The van der Waals surface area contributed by atoms with Gasteiger partial charge < -0.3 is 28.9 Å². The molecule has 1 heterocycles. The van der Waals surface area contributed by atoms with E-state index in [1.54, 1.807) is 0 Å². The molecule has 192 valence electrons. The van der Waals surface area contributed by atoms with Crippen LogP contribution in [0.15, 0.2) is 5.11 Å². The average Bonchev–Trinajstić information content (AvgIpc) is 2.74. The third kappa shape index (κ3) is 9.28. The number of carbonyl (C=O) groups excluding carboxylic acids is 1. The summed E-state index contributed by atoms with van der Waals surface area (Å²) in [6.07, 6.45) is 4.02. The molecule has 0 aromatic rings. The number of hydrogen-bond acceptors (Lipinski definition) is 7. The maximum absolute atomic E-state index is 11.5. The molecule has 6 atom stereocenters. The number of hydrogen-bond donors (Lipinski definition) is 2. The maximum Gasteiger partial charge on any atom is 0.195 e. The van der Waals surface area contributed by atoms with Gasteiger partial charge in [-0.05, 0) is 36.5 Å². The van der Waals surface area contributed by atoms with E-state index >= 15 is 0 Å². The van der Waals surface area contributed by atoms with E-state index in [4.69, 9.17) is 19.4 Å². The summed E-state index contributed by atoms with van der Waals surface area (Å²) in [5.41, 5.74) is 9.16. The van der Waals surface area contributed by atoms with Gasteiger partial charge in [0, 0.05) is 17.4 Å². The number of unbranched alkanes of at least 4 members (excludes halogenated alkanes) is 4. The maximum atomic E-state index is 11.5. The summed E-state index contributed by atoms with van der Waals surface area (Å²) in [5.74, 6) is -0.116. The number of carbonyl (C=O) groups is 1. The van der Waals surface area contributed by atoms with Crippen LogP contribution in [0.25, 0.3) is 10.4 Å². The molecule has 1 aliphatic rings. The predicted molar refractivity (Wildman–Crippen MR) is 130 cm³/mol. The molecule has 1 rings (SSSR count). The van der Waals surface area contributed by atoms with Gasteiger partial charge >= 0.3 is 0 Å². The van der Waals surface area contributed by atoms with Crippen LogP contribution < -0.4 is 0 Å². The highest BCUT2D eigenvalue weighted by molar-refractivity contribution is 6.74. The fraction of sp³-hybridized carbons (Fsp3) is 0.957. The number of aliphatic hydroxyl groups is 2. The lowest BCUT2D eigenvalue weighted by Crippen LogP contribution is -2.61. The zero-order valence-corrected chi connectivity index (χ0v) is 22.3. The van der Waals surface area contributed by atoms with Gasteiger partial charge in [0.25, 0.3) is 0 Å². The lowest BCUT2D eigenvalue weighted by molar-refractivity contribution is -0.251. The third-order valence-electron chi connectivity index (χ3n) is 6.89. The number of rotatable bonds is 15. The Bertz CT molecular complexity index is 624. The number of nitrogens with zero attached hydrogens (tertiary/aromatic N) is 3.